The lowest BCUT2D eigenvalue weighted by molar-refractivity contribution is -0.225. The van der Waals surface area contributed by atoms with Gasteiger partial charge in [0.25, 0.3) is 0 Å². The number of fused-ring (bicyclic) bond motifs is 10. The summed E-state index contributed by atoms with van der Waals surface area (Å²) in [6, 6.07) is 0. The minimum Gasteiger partial charge on any atom is -0.461 e. The molecule has 2 heterocycles. The molecule has 8 aliphatic carbocycles. The van der Waals surface area contributed by atoms with Crippen LogP contribution in [0.25, 0.3) is 0 Å². The highest BCUT2D eigenvalue weighted by atomic mass is 35.5. The van der Waals surface area contributed by atoms with Gasteiger partial charge < -0.3 is 73.5 Å². The Morgan fingerprint density at radius 3 is 1.15 bits per heavy atom. The number of rotatable bonds is 30. The maximum Gasteiger partial charge on any atom is 0.319 e. The highest BCUT2D eigenvalue weighted by molar-refractivity contribution is 5.86. The van der Waals surface area contributed by atoms with E-state index in [1.54, 1.807) is 9.36 Å². The van der Waals surface area contributed by atoms with Crippen LogP contribution in [0.2, 0.25) is 0 Å². The van der Waals surface area contributed by atoms with Crippen molar-refractivity contribution in [2.75, 3.05) is 39.3 Å². The summed E-state index contributed by atoms with van der Waals surface area (Å²) in [5.41, 5.74) is 34.7. The fraction of sp³-hybridized carbons (Fsp3) is 0.831. The molecule has 2 aromatic rings. The van der Waals surface area contributed by atoms with Crippen molar-refractivity contribution in [2.45, 2.75) is 239 Å². The van der Waals surface area contributed by atoms with Crippen molar-refractivity contribution in [1.29, 1.82) is 0 Å². The molecule has 600 valence electrons. The Labute approximate surface area is 655 Å². The first-order valence-electron chi connectivity index (χ1n) is 37.0. The van der Waals surface area contributed by atoms with Crippen LogP contribution in [0, 0.1) is 92.7 Å². The monoisotopic (exact) mass is 1600 g/mol. The van der Waals surface area contributed by atoms with Gasteiger partial charge in [-0.25, -0.2) is 0 Å². The standard InChI is InChI=1S/C71H114N14O14.6ClH/c1-40(48-12-14-50-66-52(28-56(70(48,50)5)98-64(92)34-76)68(3)20-18-46(94-60(88)30-72)24-42(68)26-54(66)96-62(90)32-74)10-16-58(86)78-36-44-38-84(82-80-44)22-8-7-9-23-85-39-45(81-83-85)37-79-59(87)17-11-41(2)49-13-15-51-67-53(29-57(71(49,51)6)99-65(93)35-77)69(4)21-19-47(95-61(89)31-73)25-43(69)27-55(67)97-63(91)33-75;;;;;;/h38-43,46-57,66-67H,7-37,72-77H2,1-6H3,(H,78,86)(H,79,87);6*1H/t40-,41-,42+,43+,46-,47-,48-,49-,50+,51+,52+,53+,54-,55-,56+,57+,66+,67+,68+,69+,70-,71-;;;;;;/m1....../s1. The topological polar surface area (TPSA) is 434 Å². The summed E-state index contributed by atoms with van der Waals surface area (Å²) >= 11 is 0. The van der Waals surface area contributed by atoms with Crippen molar-refractivity contribution in [3.05, 3.63) is 23.8 Å². The van der Waals surface area contributed by atoms with E-state index in [-0.39, 0.29) is 233 Å². The first-order chi connectivity index (χ1) is 47.3. The lowest BCUT2D eigenvalue weighted by Gasteiger charge is -2.64. The maximum atomic E-state index is 13.5. The van der Waals surface area contributed by atoms with Crippen molar-refractivity contribution in [3.63, 3.8) is 0 Å². The number of nitrogens with zero attached hydrogens (tertiary/aromatic N) is 6. The molecular formula is C71H120Cl6N14O14. The molecule has 34 heteroatoms. The van der Waals surface area contributed by atoms with Crippen molar-refractivity contribution < 1.29 is 66.8 Å². The van der Waals surface area contributed by atoms with E-state index in [1.165, 1.54) is 0 Å². The molecule has 0 spiro atoms. The molecule has 2 amide bonds. The van der Waals surface area contributed by atoms with Crippen LogP contribution in [0.15, 0.2) is 12.4 Å². The van der Waals surface area contributed by atoms with E-state index in [0.717, 1.165) is 57.8 Å². The van der Waals surface area contributed by atoms with E-state index in [0.29, 0.717) is 102 Å². The van der Waals surface area contributed by atoms with Gasteiger partial charge in [-0.15, -0.1) is 84.6 Å². The molecule has 0 unspecified atom stereocenters. The number of halogens is 6. The van der Waals surface area contributed by atoms with Crippen LogP contribution in [0.5, 0.6) is 0 Å². The smallest absolute Gasteiger partial charge is 0.319 e. The molecule has 14 N–H and O–H groups in total. The summed E-state index contributed by atoms with van der Waals surface area (Å²) in [6.07, 6.45) is 16.0. The summed E-state index contributed by atoms with van der Waals surface area (Å²) in [5.74, 6) is -2.11. The third kappa shape index (κ3) is 20.4. The van der Waals surface area contributed by atoms with Gasteiger partial charge in [0.1, 0.15) is 48.0 Å². The van der Waals surface area contributed by atoms with E-state index >= 15 is 0 Å². The Morgan fingerprint density at radius 2 is 0.800 bits per heavy atom. The van der Waals surface area contributed by atoms with Gasteiger partial charge in [0.05, 0.1) is 64.8 Å². The van der Waals surface area contributed by atoms with E-state index in [2.05, 4.69) is 72.8 Å². The number of hydrogen-bond acceptors (Lipinski definition) is 24. The number of hydrogen-bond donors (Lipinski definition) is 8. The largest absolute Gasteiger partial charge is 0.461 e. The van der Waals surface area contributed by atoms with Crippen molar-refractivity contribution >= 4 is 122 Å². The first kappa shape index (κ1) is 92.9. The lowest BCUT2D eigenvalue weighted by atomic mass is 9.43. The van der Waals surface area contributed by atoms with Crippen LogP contribution >= 0.6 is 74.4 Å². The Hall–Kier alpha value is -4.46. The Bertz CT molecular complexity index is 3000. The minimum atomic E-state index is -0.481. The lowest BCUT2D eigenvalue weighted by Crippen LogP contribution is -2.63. The molecule has 28 nitrogen and oxygen atoms in total. The second kappa shape index (κ2) is 40.5. The SMILES string of the molecule is C[C@H](CCC(=O)NCc1cn(CCCCCn2cc(CNC(=O)CC[C@@H](C)[C@H]3CC[C@H]4[C@@H]5[C@H](OC(=O)CN)C[C@@H]6C[C@H](OC(=O)CN)CC[C@]6(C)[C@H]5C[C@H](OC(=O)CN)[C@]34C)nn2)nn1)[C@H]1CC[C@H]2[C@@H]3[C@H](OC(=O)CN)C[C@@H]4C[C@H](OC(=O)CN)CC[C@]4(C)[C@H]3C[C@H](OC(=O)CN)[C@]12C.Cl.Cl.Cl.Cl.Cl.Cl. The normalized spacial score (nSPS) is 33.6. The third-order valence-electron chi connectivity index (χ3n) is 26.6. The number of carbonyl (C=O) groups is 8. The number of aryl methyl sites for hydroxylation is 2. The maximum absolute atomic E-state index is 13.5. The molecule has 0 bridgehead atoms. The fourth-order valence-corrected chi connectivity index (χ4v) is 21.7. The summed E-state index contributed by atoms with van der Waals surface area (Å²) in [6.45, 7) is 13.9. The quantitative estimate of drug-likeness (QED) is 0.0241. The number of amides is 2. The average Bonchev–Trinajstić information content (AvgIpc) is 1.68. The van der Waals surface area contributed by atoms with E-state index < -0.39 is 71.1 Å². The number of aromatic nitrogens is 6. The molecule has 0 aliphatic heterocycles. The van der Waals surface area contributed by atoms with Gasteiger partial charge in [-0.3, -0.25) is 47.7 Å². The van der Waals surface area contributed by atoms with Crippen molar-refractivity contribution in [3.8, 4) is 0 Å². The van der Waals surface area contributed by atoms with Crippen LogP contribution in [-0.2, 0) is 93.0 Å². The molecule has 105 heavy (non-hydrogen) atoms. The summed E-state index contributed by atoms with van der Waals surface area (Å²) in [7, 11) is 0. The van der Waals surface area contributed by atoms with Crippen molar-refractivity contribution in [2.24, 2.45) is 127 Å². The molecule has 22 atom stereocenters. The van der Waals surface area contributed by atoms with Gasteiger partial charge in [-0.05, 0) is 192 Å². The minimum absolute atomic E-state index is 0. The van der Waals surface area contributed by atoms with Gasteiger partial charge >= 0.3 is 35.8 Å². The number of nitrogens with one attached hydrogen (secondary N) is 2. The fourth-order valence-electron chi connectivity index (χ4n) is 21.7. The summed E-state index contributed by atoms with van der Waals surface area (Å²) in [4.78, 5) is 104. The van der Waals surface area contributed by atoms with Crippen LogP contribution in [0.4, 0.5) is 0 Å². The number of carbonyl (C=O) groups excluding carboxylic acids is 8. The van der Waals surface area contributed by atoms with E-state index in [4.69, 9.17) is 62.8 Å². The number of esters is 6. The van der Waals surface area contributed by atoms with E-state index in [1.807, 2.05) is 12.4 Å². The third-order valence-corrected chi connectivity index (χ3v) is 26.6. The molecule has 8 aliphatic rings. The Balaban J connectivity index is 0.00000389. The molecule has 8 fully saturated rings. The van der Waals surface area contributed by atoms with Crippen LogP contribution in [-0.4, -0.2) is 154 Å². The number of nitrogens with two attached hydrogens (primary N) is 6. The zero-order chi connectivity index (χ0) is 71.1. The molecule has 0 saturated heterocycles. The molecule has 0 radical (unpaired) electrons. The molecule has 10 rings (SSSR count). The highest BCUT2D eigenvalue weighted by Crippen LogP contribution is 2.71. The molecule has 2 aromatic heterocycles. The van der Waals surface area contributed by atoms with Crippen LogP contribution in [0.3, 0.4) is 0 Å². The van der Waals surface area contributed by atoms with Gasteiger partial charge in [-0.2, -0.15) is 0 Å². The summed E-state index contributed by atoms with van der Waals surface area (Å²) in [5, 5.41) is 23.4. The zero-order valence-electron chi connectivity index (χ0n) is 61.8. The predicted molar refractivity (Wildman–Crippen MR) is 403 cm³/mol. The average molecular weight is 1610 g/mol. The zero-order valence-corrected chi connectivity index (χ0v) is 66.7. The molecular weight excluding hydrogens is 1490 g/mol. The second-order valence-corrected chi connectivity index (χ2v) is 31.6. The van der Waals surface area contributed by atoms with Crippen molar-refractivity contribution in [1.82, 2.24) is 40.6 Å². The number of unbranched alkanes of at least 4 members (excludes halogenated alkanes) is 2. The van der Waals surface area contributed by atoms with Gasteiger partial charge in [0, 0.05) is 48.6 Å². The second-order valence-electron chi connectivity index (χ2n) is 31.6. The Kier molecular flexibility index (Phi) is 35.8. The van der Waals surface area contributed by atoms with Crippen LogP contribution in [0.1, 0.15) is 188 Å². The van der Waals surface area contributed by atoms with E-state index in [9.17, 15) is 38.4 Å². The molecule has 8 saturated carbocycles. The van der Waals surface area contributed by atoms with Gasteiger partial charge in [0.15, 0.2) is 0 Å². The predicted octanol–water partition coefficient (Wildman–Crippen LogP) is 6.32. The number of ether oxygens (including phenoxy) is 6. The first-order valence-corrected chi connectivity index (χ1v) is 37.0. The van der Waals surface area contributed by atoms with Gasteiger partial charge in [-0.1, -0.05) is 52.0 Å². The van der Waals surface area contributed by atoms with Gasteiger partial charge in [0.2, 0.25) is 11.8 Å². The molecule has 0 aromatic carbocycles. The highest BCUT2D eigenvalue weighted by Gasteiger charge is 2.70. The van der Waals surface area contributed by atoms with Crippen LogP contribution < -0.4 is 45.0 Å². The summed E-state index contributed by atoms with van der Waals surface area (Å²) < 4.78 is 40.4. The Morgan fingerprint density at radius 1 is 0.457 bits per heavy atom.